The molecule has 0 aromatic heterocycles. The number of benzene rings is 1. The van der Waals surface area contributed by atoms with E-state index in [-0.39, 0.29) is 11.6 Å². The SMILES string of the molecule is CC(=O)C1(C(C)=O)Cc2ccccc2OC12CCCC2. The zero-order valence-electron chi connectivity index (χ0n) is 12.1. The van der Waals surface area contributed by atoms with Gasteiger partial charge in [-0.15, -0.1) is 0 Å². The predicted molar refractivity (Wildman–Crippen MR) is 75.8 cm³/mol. The van der Waals surface area contributed by atoms with Crippen molar-refractivity contribution in [2.24, 2.45) is 5.41 Å². The van der Waals surface area contributed by atoms with Crippen LogP contribution in [0, 0.1) is 5.41 Å². The molecule has 0 atom stereocenters. The molecule has 1 spiro atoms. The van der Waals surface area contributed by atoms with Crippen molar-refractivity contribution in [3.8, 4) is 5.75 Å². The molecule has 0 unspecified atom stereocenters. The summed E-state index contributed by atoms with van der Waals surface area (Å²) >= 11 is 0. The lowest BCUT2D eigenvalue weighted by atomic mass is 9.61. The van der Waals surface area contributed by atoms with Gasteiger partial charge in [-0.25, -0.2) is 0 Å². The predicted octanol–water partition coefficient (Wildman–Crippen LogP) is 3.10. The number of ketones is 2. The van der Waals surface area contributed by atoms with E-state index in [1.165, 1.54) is 0 Å². The first-order chi connectivity index (χ1) is 9.52. The van der Waals surface area contributed by atoms with Crippen molar-refractivity contribution in [2.75, 3.05) is 0 Å². The van der Waals surface area contributed by atoms with E-state index in [0.717, 1.165) is 37.0 Å². The standard InChI is InChI=1S/C17H20O3/c1-12(18)17(13(2)19)11-14-7-3-4-8-15(14)20-16(17)9-5-6-10-16/h3-4,7-8H,5-6,9-11H2,1-2H3. The Balaban J connectivity index is 2.20. The summed E-state index contributed by atoms with van der Waals surface area (Å²) in [4.78, 5) is 24.9. The highest BCUT2D eigenvalue weighted by Crippen LogP contribution is 2.54. The van der Waals surface area contributed by atoms with Crippen molar-refractivity contribution in [2.45, 2.75) is 51.6 Å². The fourth-order valence-corrected chi connectivity index (χ4v) is 4.11. The van der Waals surface area contributed by atoms with Crippen LogP contribution < -0.4 is 4.74 Å². The van der Waals surface area contributed by atoms with Gasteiger partial charge in [-0.05, 0) is 57.6 Å². The van der Waals surface area contributed by atoms with Gasteiger partial charge in [-0.3, -0.25) is 9.59 Å². The van der Waals surface area contributed by atoms with E-state index in [0.29, 0.717) is 6.42 Å². The first-order valence-electron chi connectivity index (χ1n) is 7.31. The second-order valence-electron chi connectivity index (χ2n) is 6.11. The van der Waals surface area contributed by atoms with Crippen molar-refractivity contribution in [1.29, 1.82) is 0 Å². The Hall–Kier alpha value is -1.64. The maximum atomic E-state index is 12.4. The summed E-state index contributed by atoms with van der Waals surface area (Å²) in [5.74, 6) is 0.732. The Kier molecular flexibility index (Phi) is 2.96. The minimum atomic E-state index is -1.00. The molecular formula is C17H20O3. The third-order valence-electron chi connectivity index (χ3n) is 5.12. The van der Waals surface area contributed by atoms with Gasteiger partial charge < -0.3 is 4.74 Å². The highest BCUT2D eigenvalue weighted by atomic mass is 16.5. The molecule has 0 amide bonds. The van der Waals surface area contributed by atoms with Gasteiger partial charge in [0.25, 0.3) is 0 Å². The Morgan fingerprint density at radius 1 is 1.05 bits per heavy atom. The molecule has 1 aliphatic carbocycles. The van der Waals surface area contributed by atoms with E-state index in [4.69, 9.17) is 4.74 Å². The van der Waals surface area contributed by atoms with E-state index in [1.54, 1.807) is 13.8 Å². The number of para-hydroxylation sites is 1. The van der Waals surface area contributed by atoms with Crippen molar-refractivity contribution in [3.05, 3.63) is 29.8 Å². The summed E-state index contributed by atoms with van der Waals surface area (Å²) in [6, 6.07) is 7.77. The molecule has 0 saturated heterocycles. The second kappa shape index (κ2) is 4.44. The minimum absolute atomic E-state index is 0.0543. The van der Waals surface area contributed by atoms with Gasteiger partial charge in [0.15, 0.2) is 0 Å². The molecule has 1 heterocycles. The van der Waals surface area contributed by atoms with Crippen molar-refractivity contribution in [3.63, 3.8) is 0 Å². The maximum absolute atomic E-state index is 12.4. The van der Waals surface area contributed by atoms with E-state index in [2.05, 4.69) is 0 Å². The van der Waals surface area contributed by atoms with Gasteiger partial charge in [-0.1, -0.05) is 18.2 Å². The lowest BCUT2D eigenvalue weighted by molar-refractivity contribution is -0.157. The molecule has 20 heavy (non-hydrogen) atoms. The Labute approximate surface area is 119 Å². The summed E-state index contributed by atoms with van der Waals surface area (Å²) in [6.45, 7) is 3.08. The third-order valence-corrected chi connectivity index (χ3v) is 5.12. The van der Waals surface area contributed by atoms with Crippen LogP contribution in [0.3, 0.4) is 0 Å². The quantitative estimate of drug-likeness (QED) is 0.777. The number of carbonyl (C=O) groups is 2. The van der Waals surface area contributed by atoms with Gasteiger partial charge in [0, 0.05) is 0 Å². The zero-order chi connectivity index (χ0) is 14.4. The van der Waals surface area contributed by atoms with Gasteiger partial charge in [0.05, 0.1) is 0 Å². The van der Waals surface area contributed by atoms with Crippen LogP contribution in [0.15, 0.2) is 24.3 Å². The first-order valence-corrected chi connectivity index (χ1v) is 7.31. The van der Waals surface area contributed by atoms with Gasteiger partial charge in [0.2, 0.25) is 0 Å². The number of ether oxygens (including phenoxy) is 1. The van der Waals surface area contributed by atoms with Gasteiger partial charge in [-0.2, -0.15) is 0 Å². The number of rotatable bonds is 2. The number of hydrogen-bond acceptors (Lipinski definition) is 3. The van der Waals surface area contributed by atoms with Crippen molar-refractivity contribution >= 4 is 11.6 Å². The van der Waals surface area contributed by atoms with Crippen LogP contribution in [0.2, 0.25) is 0 Å². The van der Waals surface area contributed by atoms with Crippen molar-refractivity contribution < 1.29 is 14.3 Å². The summed E-state index contributed by atoms with van der Waals surface area (Å²) in [5.41, 5.74) is -0.660. The van der Waals surface area contributed by atoms with Crippen LogP contribution >= 0.6 is 0 Å². The average molecular weight is 272 g/mol. The largest absolute Gasteiger partial charge is 0.485 e. The molecule has 0 N–H and O–H groups in total. The monoisotopic (exact) mass is 272 g/mol. The van der Waals surface area contributed by atoms with Crippen LogP contribution in [0.25, 0.3) is 0 Å². The van der Waals surface area contributed by atoms with E-state index in [1.807, 2.05) is 24.3 Å². The van der Waals surface area contributed by atoms with Crippen LogP contribution in [-0.2, 0) is 16.0 Å². The average Bonchev–Trinajstić information content (AvgIpc) is 2.86. The molecule has 2 aliphatic rings. The molecule has 0 radical (unpaired) electrons. The Bertz CT molecular complexity index is 553. The number of hydrogen-bond donors (Lipinski definition) is 0. The van der Waals surface area contributed by atoms with Crippen LogP contribution in [0.4, 0.5) is 0 Å². The molecule has 0 bridgehead atoms. The van der Waals surface area contributed by atoms with Crippen LogP contribution in [0.1, 0.15) is 45.1 Å². The molecule has 1 fully saturated rings. The molecule has 1 aromatic carbocycles. The van der Waals surface area contributed by atoms with Crippen molar-refractivity contribution in [1.82, 2.24) is 0 Å². The molecule has 3 rings (SSSR count). The molecule has 1 saturated carbocycles. The smallest absolute Gasteiger partial charge is 0.147 e. The van der Waals surface area contributed by atoms with E-state index in [9.17, 15) is 9.59 Å². The lowest BCUT2D eigenvalue weighted by Crippen LogP contribution is -2.61. The van der Waals surface area contributed by atoms with E-state index < -0.39 is 11.0 Å². The Morgan fingerprint density at radius 3 is 2.25 bits per heavy atom. The molecule has 1 aromatic rings. The number of fused-ring (bicyclic) bond motifs is 1. The highest BCUT2D eigenvalue weighted by Gasteiger charge is 2.62. The minimum Gasteiger partial charge on any atom is -0.485 e. The second-order valence-corrected chi connectivity index (χ2v) is 6.11. The molecule has 3 heteroatoms. The fourth-order valence-electron chi connectivity index (χ4n) is 4.11. The summed E-state index contributed by atoms with van der Waals surface area (Å²) in [5, 5.41) is 0. The molecular weight excluding hydrogens is 252 g/mol. The maximum Gasteiger partial charge on any atom is 0.147 e. The molecule has 3 nitrogen and oxygen atoms in total. The number of Topliss-reactive ketones (excluding diaryl/α,β-unsaturated/α-hetero) is 2. The molecule has 106 valence electrons. The summed E-state index contributed by atoms with van der Waals surface area (Å²) < 4.78 is 6.28. The normalized spacial score (nSPS) is 22.1. The topological polar surface area (TPSA) is 43.4 Å². The fraction of sp³-hybridized carbons (Fsp3) is 0.529. The molecule has 1 aliphatic heterocycles. The third kappa shape index (κ3) is 1.58. The van der Waals surface area contributed by atoms with Gasteiger partial charge >= 0.3 is 0 Å². The van der Waals surface area contributed by atoms with E-state index >= 15 is 0 Å². The first kappa shape index (κ1) is 13.3. The number of carbonyl (C=O) groups excluding carboxylic acids is 2. The van der Waals surface area contributed by atoms with Crippen LogP contribution in [0.5, 0.6) is 5.75 Å². The van der Waals surface area contributed by atoms with Crippen LogP contribution in [-0.4, -0.2) is 17.2 Å². The Morgan fingerprint density at radius 2 is 1.65 bits per heavy atom. The summed E-state index contributed by atoms with van der Waals surface area (Å²) in [6.07, 6.45) is 4.10. The highest BCUT2D eigenvalue weighted by molar-refractivity contribution is 6.07. The summed E-state index contributed by atoms with van der Waals surface area (Å²) in [7, 11) is 0. The zero-order valence-corrected chi connectivity index (χ0v) is 12.1. The lowest BCUT2D eigenvalue weighted by Gasteiger charge is -2.49. The van der Waals surface area contributed by atoms with Gasteiger partial charge in [0.1, 0.15) is 28.3 Å².